The maximum atomic E-state index is 10.5. The fraction of sp³-hybridized carbons (Fsp3) is 0.333. The summed E-state index contributed by atoms with van der Waals surface area (Å²) in [4.78, 5) is 10.1. The molecule has 0 aromatic heterocycles. The molecule has 1 rings (SSSR count). The minimum Gasteiger partial charge on any atom is -0.492 e. The summed E-state index contributed by atoms with van der Waals surface area (Å²) in [5.41, 5.74) is 5.95. The first-order valence-corrected chi connectivity index (χ1v) is 4.23. The van der Waals surface area contributed by atoms with Crippen LogP contribution in [0.25, 0.3) is 0 Å². The van der Waals surface area contributed by atoms with Crippen LogP contribution in [0.3, 0.4) is 0 Å². The zero-order valence-corrected chi connectivity index (χ0v) is 9.12. The lowest BCUT2D eigenvalue weighted by Gasteiger charge is -2.04. The lowest BCUT2D eigenvalue weighted by Crippen LogP contribution is -2.10. The molecule has 2 N–H and O–H groups in total. The quantitative estimate of drug-likeness (QED) is 0.633. The van der Waals surface area contributed by atoms with Crippen molar-refractivity contribution < 1.29 is 9.66 Å². The van der Waals surface area contributed by atoms with Crippen molar-refractivity contribution in [2.75, 3.05) is 13.2 Å². The molecule has 0 aliphatic heterocycles. The maximum Gasteiger partial charge on any atom is 0.272 e. The number of nitro benzene ring substituents is 1. The van der Waals surface area contributed by atoms with Crippen LogP contribution in [0, 0.1) is 17.0 Å². The van der Waals surface area contributed by atoms with Crippen molar-refractivity contribution in [2.24, 2.45) is 5.73 Å². The molecule has 0 saturated carbocycles. The van der Waals surface area contributed by atoms with Gasteiger partial charge < -0.3 is 10.5 Å². The molecule has 0 unspecified atom stereocenters. The van der Waals surface area contributed by atoms with Gasteiger partial charge in [0.05, 0.1) is 4.92 Å². The van der Waals surface area contributed by atoms with E-state index in [1.54, 1.807) is 19.1 Å². The first kappa shape index (κ1) is 13.7. The van der Waals surface area contributed by atoms with Gasteiger partial charge in [0.15, 0.2) is 0 Å². The Bertz CT molecular complexity index is 344. The van der Waals surface area contributed by atoms with Crippen molar-refractivity contribution in [3.63, 3.8) is 0 Å². The van der Waals surface area contributed by atoms with E-state index in [1.165, 1.54) is 6.07 Å². The van der Waals surface area contributed by atoms with Gasteiger partial charge in [-0.3, -0.25) is 10.1 Å². The van der Waals surface area contributed by atoms with Crippen LogP contribution in [-0.2, 0) is 0 Å². The Hall–Kier alpha value is -1.33. The van der Waals surface area contributed by atoms with E-state index in [4.69, 9.17) is 10.5 Å². The number of halogens is 1. The van der Waals surface area contributed by atoms with Crippen molar-refractivity contribution in [2.45, 2.75) is 6.92 Å². The molecule has 15 heavy (non-hydrogen) atoms. The van der Waals surface area contributed by atoms with Gasteiger partial charge in [-0.2, -0.15) is 0 Å². The summed E-state index contributed by atoms with van der Waals surface area (Å²) < 4.78 is 5.22. The van der Waals surface area contributed by atoms with Gasteiger partial charge in [-0.15, -0.1) is 12.4 Å². The molecule has 1 aromatic carbocycles. The molecule has 0 radical (unpaired) electrons. The lowest BCUT2D eigenvalue weighted by atomic mass is 10.2. The van der Waals surface area contributed by atoms with Crippen molar-refractivity contribution >= 4 is 18.1 Å². The molecule has 84 valence electrons. The molecular weight excluding hydrogens is 220 g/mol. The molecule has 1 aromatic rings. The molecule has 0 aliphatic carbocycles. The Morgan fingerprint density at radius 3 is 2.67 bits per heavy atom. The molecular formula is C9H13ClN2O3. The predicted molar refractivity (Wildman–Crippen MR) is 59.6 cm³/mol. The second-order valence-corrected chi connectivity index (χ2v) is 2.84. The van der Waals surface area contributed by atoms with Gasteiger partial charge in [-0.1, -0.05) is 0 Å². The second kappa shape index (κ2) is 6.21. The number of hydrogen-bond acceptors (Lipinski definition) is 4. The van der Waals surface area contributed by atoms with Gasteiger partial charge in [-0.25, -0.2) is 0 Å². The molecule has 0 bridgehead atoms. The van der Waals surface area contributed by atoms with Crippen LogP contribution in [0.5, 0.6) is 5.75 Å². The topological polar surface area (TPSA) is 78.4 Å². The number of nitrogens with zero attached hydrogens (tertiary/aromatic N) is 1. The van der Waals surface area contributed by atoms with Crippen LogP contribution in [0.2, 0.25) is 0 Å². The molecule has 0 atom stereocenters. The molecule has 0 spiro atoms. The predicted octanol–water partition coefficient (Wildman–Crippen LogP) is 1.66. The van der Waals surface area contributed by atoms with E-state index in [0.29, 0.717) is 24.5 Å². The summed E-state index contributed by atoms with van der Waals surface area (Å²) in [6.45, 7) is 2.51. The SMILES string of the molecule is Cc1cc(OCCN)ccc1[N+](=O)[O-].Cl. The van der Waals surface area contributed by atoms with Gasteiger partial charge in [0, 0.05) is 18.2 Å². The van der Waals surface area contributed by atoms with E-state index in [0.717, 1.165) is 0 Å². The third kappa shape index (κ3) is 3.73. The molecule has 5 nitrogen and oxygen atoms in total. The number of benzene rings is 1. The average Bonchev–Trinajstić information content (AvgIpc) is 2.14. The Labute approximate surface area is 93.8 Å². The monoisotopic (exact) mass is 232 g/mol. The average molecular weight is 233 g/mol. The van der Waals surface area contributed by atoms with E-state index in [-0.39, 0.29) is 18.1 Å². The Morgan fingerprint density at radius 1 is 1.53 bits per heavy atom. The summed E-state index contributed by atoms with van der Waals surface area (Å²) >= 11 is 0. The lowest BCUT2D eigenvalue weighted by molar-refractivity contribution is -0.385. The number of nitrogens with two attached hydrogens (primary N) is 1. The Morgan fingerprint density at radius 2 is 2.20 bits per heavy atom. The number of ether oxygens (including phenoxy) is 1. The van der Waals surface area contributed by atoms with Crippen LogP contribution >= 0.6 is 12.4 Å². The molecule has 0 amide bonds. The maximum absolute atomic E-state index is 10.5. The number of nitro groups is 1. The first-order valence-electron chi connectivity index (χ1n) is 4.23. The zero-order valence-electron chi connectivity index (χ0n) is 8.30. The van der Waals surface area contributed by atoms with E-state index >= 15 is 0 Å². The number of rotatable bonds is 4. The van der Waals surface area contributed by atoms with Crippen LogP contribution in [0.1, 0.15) is 5.56 Å². The summed E-state index contributed by atoms with van der Waals surface area (Å²) in [7, 11) is 0. The fourth-order valence-corrected chi connectivity index (χ4v) is 1.10. The van der Waals surface area contributed by atoms with Crippen LogP contribution < -0.4 is 10.5 Å². The summed E-state index contributed by atoms with van der Waals surface area (Å²) in [5.74, 6) is 0.610. The fourth-order valence-electron chi connectivity index (χ4n) is 1.10. The molecule has 0 fully saturated rings. The Balaban J connectivity index is 0.00000196. The number of aryl methyl sites for hydroxylation is 1. The smallest absolute Gasteiger partial charge is 0.272 e. The summed E-state index contributed by atoms with van der Waals surface area (Å²) in [6, 6.07) is 4.63. The van der Waals surface area contributed by atoms with Crippen molar-refractivity contribution in [3.8, 4) is 5.75 Å². The van der Waals surface area contributed by atoms with Crippen LogP contribution in [0.4, 0.5) is 5.69 Å². The van der Waals surface area contributed by atoms with E-state index in [2.05, 4.69) is 0 Å². The third-order valence-corrected chi connectivity index (χ3v) is 1.75. The highest BCUT2D eigenvalue weighted by Crippen LogP contribution is 2.22. The van der Waals surface area contributed by atoms with Crippen LogP contribution in [0.15, 0.2) is 18.2 Å². The minimum absolute atomic E-state index is 0. The molecule has 0 saturated heterocycles. The van der Waals surface area contributed by atoms with Gasteiger partial charge in [0.1, 0.15) is 12.4 Å². The van der Waals surface area contributed by atoms with Crippen molar-refractivity contribution in [1.82, 2.24) is 0 Å². The molecule has 0 aliphatic rings. The number of hydrogen-bond donors (Lipinski definition) is 1. The highest BCUT2D eigenvalue weighted by Gasteiger charge is 2.10. The second-order valence-electron chi connectivity index (χ2n) is 2.84. The largest absolute Gasteiger partial charge is 0.492 e. The van der Waals surface area contributed by atoms with Crippen molar-refractivity contribution in [1.29, 1.82) is 0 Å². The van der Waals surface area contributed by atoms with E-state index < -0.39 is 4.92 Å². The van der Waals surface area contributed by atoms with Crippen LogP contribution in [-0.4, -0.2) is 18.1 Å². The van der Waals surface area contributed by atoms with Gasteiger partial charge in [0.25, 0.3) is 5.69 Å². The van der Waals surface area contributed by atoms with Crippen molar-refractivity contribution in [3.05, 3.63) is 33.9 Å². The Kier molecular flexibility index (Phi) is 5.66. The normalized spacial score (nSPS) is 9.20. The molecule has 6 heteroatoms. The van der Waals surface area contributed by atoms with E-state index in [9.17, 15) is 10.1 Å². The summed E-state index contributed by atoms with van der Waals surface area (Å²) in [5, 5.41) is 10.5. The van der Waals surface area contributed by atoms with Gasteiger partial charge >= 0.3 is 0 Å². The van der Waals surface area contributed by atoms with Gasteiger partial charge in [-0.05, 0) is 19.1 Å². The first-order chi connectivity index (χ1) is 6.65. The molecule has 0 heterocycles. The highest BCUT2D eigenvalue weighted by molar-refractivity contribution is 5.85. The standard InChI is InChI=1S/C9H12N2O3.ClH/c1-7-6-8(14-5-4-10)2-3-9(7)11(12)13;/h2-3,6H,4-5,10H2,1H3;1H. The minimum atomic E-state index is -0.415. The third-order valence-electron chi connectivity index (χ3n) is 1.75. The highest BCUT2D eigenvalue weighted by atomic mass is 35.5. The van der Waals surface area contributed by atoms with E-state index in [1.807, 2.05) is 0 Å². The zero-order chi connectivity index (χ0) is 10.6. The van der Waals surface area contributed by atoms with Gasteiger partial charge in [0.2, 0.25) is 0 Å². The summed E-state index contributed by atoms with van der Waals surface area (Å²) in [6.07, 6.45) is 0.